The van der Waals surface area contributed by atoms with Gasteiger partial charge in [0.05, 0.1) is 23.0 Å². The molecule has 1 aromatic rings. The second-order valence-electron chi connectivity index (χ2n) is 4.74. The van der Waals surface area contributed by atoms with E-state index in [1.54, 1.807) is 4.68 Å². The Morgan fingerprint density at radius 1 is 1.53 bits per heavy atom. The summed E-state index contributed by atoms with van der Waals surface area (Å²) in [7, 11) is 1.84. The van der Waals surface area contributed by atoms with Crippen LogP contribution in [0.1, 0.15) is 38.6 Å². The molecular weight excluding hydrogens is 266 g/mol. The van der Waals surface area contributed by atoms with Crippen molar-refractivity contribution in [3.63, 3.8) is 0 Å². The predicted octanol–water partition coefficient (Wildman–Crippen LogP) is 2.32. The molecule has 1 atom stereocenters. The molecule has 0 spiro atoms. The van der Waals surface area contributed by atoms with Gasteiger partial charge in [-0.15, -0.1) is 0 Å². The van der Waals surface area contributed by atoms with E-state index in [2.05, 4.69) is 5.10 Å². The summed E-state index contributed by atoms with van der Waals surface area (Å²) in [6, 6.07) is 0.187. The average Bonchev–Trinajstić information content (AvgIpc) is 2.63. The summed E-state index contributed by atoms with van der Waals surface area (Å²) in [4.78, 5) is 12.9. The van der Waals surface area contributed by atoms with Gasteiger partial charge in [-0.2, -0.15) is 5.10 Å². The van der Waals surface area contributed by atoms with E-state index in [4.69, 9.17) is 16.7 Å². The van der Waals surface area contributed by atoms with Crippen LogP contribution in [0.3, 0.4) is 0 Å². The molecule has 0 saturated carbocycles. The summed E-state index contributed by atoms with van der Waals surface area (Å²) in [6.07, 6.45) is 1.67. The topological polar surface area (TPSA) is 58.4 Å². The number of aromatic nitrogens is 2. The van der Waals surface area contributed by atoms with Gasteiger partial charge in [0.15, 0.2) is 0 Å². The molecule has 0 fully saturated rings. The number of carbonyl (C=O) groups is 1. The third-order valence-corrected chi connectivity index (χ3v) is 3.84. The van der Waals surface area contributed by atoms with Crippen LogP contribution in [0.25, 0.3) is 0 Å². The van der Waals surface area contributed by atoms with Gasteiger partial charge in [0, 0.05) is 19.6 Å². The zero-order chi connectivity index (χ0) is 14.6. The molecule has 0 aliphatic rings. The van der Waals surface area contributed by atoms with Gasteiger partial charge < -0.3 is 5.11 Å². The second kappa shape index (κ2) is 6.91. The van der Waals surface area contributed by atoms with Gasteiger partial charge >= 0.3 is 5.97 Å². The van der Waals surface area contributed by atoms with Crippen LogP contribution in [0.15, 0.2) is 0 Å². The van der Waals surface area contributed by atoms with Gasteiger partial charge in [0.1, 0.15) is 0 Å². The van der Waals surface area contributed by atoms with E-state index in [-0.39, 0.29) is 12.6 Å². The standard InChI is InChI=1S/C13H22ClN3O2/c1-5-9(3)17(8-12(18)19)7-11-13(14)10(6-2)15-16(11)4/h9H,5-8H2,1-4H3,(H,18,19). The molecule has 0 aromatic carbocycles. The van der Waals surface area contributed by atoms with Crippen LogP contribution >= 0.6 is 11.6 Å². The number of aliphatic carboxylic acids is 1. The summed E-state index contributed by atoms with van der Waals surface area (Å²) < 4.78 is 1.75. The summed E-state index contributed by atoms with van der Waals surface area (Å²) in [5.74, 6) is -0.825. The largest absolute Gasteiger partial charge is 0.480 e. The molecule has 108 valence electrons. The molecule has 0 bridgehead atoms. The fourth-order valence-electron chi connectivity index (χ4n) is 1.98. The fourth-order valence-corrected chi connectivity index (χ4v) is 2.34. The number of rotatable bonds is 7. The first-order valence-electron chi connectivity index (χ1n) is 6.56. The van der Waals surface area contributed by atoms with Gasteiger partial charge in [-0.3, -0.25) is 14.4 Å². The lowest BCUT2D eigenvalue weighted by molar-refractivity contribution is -0.139. The molecule has 0 amide bonds. The van der Waals surface area contributed by atoms with E-state index in [1.807, 2.05) is 32.7 Å². The number of hydrogen-bond donors (Lipinski definition) is 1. The van der Waals surface area contributed by atoms with Crippen molar-refractivity contribution in [2.24, 2.45) is 7.05 Å². The van der Waals surface area contributed by atoms with Crippen molar-refractivity contribution in [1.29, 1.82) is 0 Å². The maximum absolute atomic E-state index is 11.0. The Morgan fingerprint density at radius 3 is 2.58 bits per heavy atom. The Hall–Kier alpha value is -1.07. The highest BCUT2D eigenvalue weighted by atomic mass is 35.5. The Kier molecular flexibility index (Phi) is 5.82. The van der Waals surface area contributed by atoms with Gasteiger partial charge in [0.2, 0.25) is 0 Å². The SMILES string of the molecule is CCc1nn(C)c(CN(CC(=O)O)C(C)CC)c1Cl. The fraction of sp³-hybridized carbons (Fsp3) is 0.692. The predicted molar refractivity (Wildman–Crippen MR) is 75.4 cm³/mol. The molecule has 0 radical (unpaired) electrons. The van der Waals surface area contributed by atoms with Crippen LogP contribution in [0, 0.1) is 0 Å². The molecule has 1 N–H and O–H groups in total. The minimum Gasteiger partial charge on any atom is -0.480 e. The molecule has 0 saturated heterocycles. The van der Waals surface area contributed by atoms with Crippen molar-refractivity contribution in [1.82, 2.24) is 14.7 Å². The van der Waals surface area contributed by atoms with E-state index < -0.39 is 5.97 Å². The van der Waals surface area contributed by atoms with E-state index in [0.29, 0.717) is 11.6 Å². The number of hydrogen-bond acceptors (Lipinski definition) is 3. The summed E-state index contributed by atoms with van der Waals surface area (Å²) in [5, 5.41) is 14.0. The van der Waals surface area contributed by atoms with E-state index in [0.717, 1.165) is 24.2 Å². The Labute approximate surface area is 119 Å². The molecule has 6 heteroatoms. The molecular formula is C13H22ClN3O2. The first-order valence-corrected chi connectivity index (χ1v) is 6.94. The molecule has 1 rings (SSSR count). The van der Waals surface area contributed by atoms with Crippen LogP contribution in [-0.2, 0) is 24.8 Å². The lowest BCUT2D eigenvalue weighted by atomic mass is 10.2. The van der Waals surface area contributed by atoms with Gasteiger partial charge in [0.25, 0.3) is 0 Å². The minimum absolute atomic E-state index is 0.0119. The quantitative estimate of drug-likeness (QED) is 0.836. The highest BCUT2D eigenvalue weighted by Gasteiger charge is 2.21. The van der Waals surface area contributed by atoms with E-state index in [1.165, 1.54) is 0 Å². The number of carboxylic acids is 1. The van der Waals surface area contributed by atoms with Crippen molar-refractivity contribution in [3.05, 3.63) is 16.4 Å². The first kappa shape index (κ1) is 16.0. The maximum Gasteiger partial charge on any atom is 0.317 e. The first-order chi connectivity index (χ1) is 8.90. The zero-order valence-corrected chi connectivity index (χ0v) is 12.7. The number of halogens is 1. The lowest BCUT2D eigenvalue weighted by Gasteiger charge is -2.26. The van der Waals surface area contributed by atoms with Crippen molar-refractivity contribution in [2.45, 2.75) is 46.2 Å². The lowest BCUT2D eigenvalue weighted by Crippen LogP contribution is -2.37. The van der Waals surface area contributed by atoms with Crippen molar-refractivity contribution in [3.8, 4) is 0 Å². The monoisotopic (exact) mass is 287 g/mol. The van der Waals surface area contributed by atoms with Crippen LogP contribution in [-0.4, -0.2) is 38.3 Å². The summed E-state index contributed by atoms with van der Waals surface area (Å²) >= 11 is 6.30. The summed E-state index contributed by atoms with van der Waals surface area (Å²) in [6.45, 7) is 6.58. The van der Waals surface area contributed by atoms with E-state index in [9.17, 15) is 4.79 Å². The Morgan fingerprint density at radius 2 is 2.16 bits per heavy atom. The minimum atomic E-state index is -0.825. The van der Waals surface area contributed by atoms with Crippen LogP contribution in [0.5, 0.6) is 0 Å². The molecule has 0 aliphatic carbocycles. The van der Waals surface area contributed by atoms with Gasteiger partial charge in [-0.1, -0.05) is 25.4 Å². The highest BCUT2D eigenvalue weighted by molar-refractivity contribution is 6.31. The van der Waals surface area contributed by atoms with Crippen molar-refractivity contribution < 1.29 is 9.90 Å². The summed E-state index contributed by atoms with van der Waals surface area (Å²) in [5.41, 5.74) is 1.73. The van der Waals surface area contributed by atoms with Gasteiger partial charge in [-0.05, 0) is 19.8 Å². The second-order valence-corrected chi connectivity index (χ2v) is 5.12. The smallest absolute Gasteiger partial charge is 0.317 e. The van der Waals surface area contributed by atoms with E-state index >= 15 is 0 Å². The highest BCUT2D eigenvalue weighted by Crippen LogP contribution is 2.23. The maximum atomic E-state index is 11.0. The van der Waals surface area contributed by atoms with Crippen LogP contribution < -0.4 is 0 Å². The zero-order valence-electron chi connectivity index (χ0n) is 12.0. The number of aryl methyl sites for hydroxylation is 2. The molecule has 5 nitrogen and oxygen atoms in total. The number of nitrogens with zero attached hydrogens (tertiary/aromatic N) is 3. The molecule has 19 heavy (non-hydrogen) atoms. The molecule has 0 aliphatic heterocycles. The average molecular weight is 288 g/mol. The van der Waals surface area contributed by atoms with Crippen molar-refractivity contribution >= 4 is 17.6 Å². The number of carboxylic acid groups (broad SMARTS) is 1. The van der Waals surface area contributed by atoms with Crippen LogP contribution in [0.2, 0.25) is 5.02 Å². The van der Waals surface area contributed by atoms with Crippen LogP contribution in [0.4, 0.5) is 0 Å². The van der Waals surface area contributed by atoms with Gasteiger partial charge in [-0.25, -0.2) is 0 Å². The molecule has 1 heterocycles. The normalized spacial score (nSPS) is 12.9. The Balaban J connectivity index is 2.95. The molecule has 1 unspecified atom stereocenters. The van der Waals surface area contributed by atoms with Crippen molar-refractivity contribution in [2.75, 3.05) is 6.54 Å². The third-order valence-electron chi connectivity index (χ3n) is 3.41. The third kappa shape index (κ3) is 3.94. The Bertz CT molecular complexity index is 445. The molecule has 1 aromatic heterocycles.